The topological polar surface area (TPSA) is 38.0 Å². The molecule has 2 nitrogen and oxygen atoms in total. The predicted molar refractivity (Wildman–Crippen MR) is 76.5 cm³/mol. The molecule has 2 atom stereocenters. The lowest BCUT2D eigenvalue weighted by Crippen LogP contribution is -2.34. The Labute approximate surface area is 110 Å². The molecule has 3 rings (SSSR count). The van der Waals surface area contributed by atoms with Gasteiger partial charge in [-0.25, -0.2) is 0 Å². The van der Waals surface area contributed by atoms with Crippen LogP contribution in [0.5, 0.6) is 0 Å². The van der Waals surface area contributed by atoms with Crippen LogP contribution in [0.1, 0.15) is 56.2 Å². The standard InChI is InChI=1S/C16H24N2/c1-11(12-4-2-3-5-12)18-16-9-6-13-10-14(17)7-8-15(13)16/h7-8,10-12,16,18H,2-6,9,17H2,1H3. The fourth-order valence-corrected chi connectivity index (χ4v) is 3.72. The molecule has 0 heterocycles. The van der Waals surface area contributed by atoms with Crippen molar-refractivity contribution in [1.29, 1.82) is 0 Å². The van der Waals surface area contributed by atoms with E-state index in [4.69, 9.17) is 5.73 Å². The first-order valence-electron chi connectivity index (χ1n) is 7.38. The molecule has 98 valence electrons. The number of nitrogens with one attached hydrogen (secondary N) is 1. The van der Waals surface area contributed by atoms with Crippen LogP contribution in [0.4, 0.5) is 5.69 Å². The normalized spacial score (nSPS) is 25.3. The molecule has 0 aliphatic heterocycles. The fourth-order valence-electron chi connectivity index (χ4n) is 3.72. The number of hydrogen-bond donors (Lipinski definition) is 2. The van der Waals surface area contributed by atoms with Crippen molar-refractivity contribution in [3.8, 4) is 0 Å². The molecule has 0 spiro atoms. The zero-order chi connectivity index (χ0) is 12.5. The van der Waals surface area contributed by atoms with Gasteiger partial charge < -0.3 is 11.1 Å². The van der Waals surface area contributed by atoms with Crippen molar-refractivity contribution in [3.05, 3.63) is 29.3 Å². The second kappa shape index (κ2) is 4.93. The highest BCUT2D eigenvalue weighted by Crippen LogP contribution is 2.35. The van der Waals surface area contributed by atoms with Crippen molar-refractivity contribution in [3.63, 3.8) is 0 Å². The van der Waals surface area contributed by atoms with E-state index >= 15 is 0 Å². The van der Waals surface area contributed by atoms with Gasteiger partial charge in [0, 0.05) is 17.8 Å². The lowest BCUT2D eigenvalue weighted by Gasteiger charge is -2.25. The van der Waals surface area contributed by atoms with Gasteiger partial charge in [0.2, 0.25) is 0 Å². The number of benzene rings is 1. The smallest absolute Gasteiger partial charge is 0.0328 e. The van der Waals surface area contributed by atoms with Crippen LogP contribution in [0.2, 0.25) is 0 Å². The van der Waals surface area contributed by atoms with Crippen LogP contribution in [0.25, 0.3) is 0 Å². The number of rotatable bonds is 3. The van der Waals surface area contributed by atoms with Crippen LogP contribution in [-0.2, 0) is 6.42 Å². The Morgan fingerprint density at radius 3 is 2.78 bits per heavy atom. The minimum atomic E-state index is 0.552. The molecule has 0 radical (unpaired) electrons. The summed E-state index contributed by atoms with van der Waals surface area (Å²) in [6, 6.07) is 7.62. The molecule has 1 aromatic carbocycles. The predicted octanol–water partition coefficient (Wildman–Crippen LogP) is 3.42. The molecule has 1 saturated carbocycles. The van der Waals surface area contributed by atoms with Gasteiger partial charge in [0.25, 0.3) is 0 Å². The SMILES string of the molecule is CC(NC1CCc2cc(N)ccc21)C1CCCC1. The molecule has 2 unspecified atom stereocenters. The van der Waals surface area contributed by atoms with Gasteiger partial charge in [-0.05, 0) is 61.8 Å². The summed E-state index contributed by atoms with van der Waals surface area (Å²) < 4.78 is 0. The second-order valence-electron chi connectivity index (χ2n) is 6.05. The molecule has 2 aliphatic rings. The quantitative estimate of drug-likeness (QED) is 0.799. The van der Waals surface area contributed by atoms with E-state index < -0.39 is 0 Å². The second-order valence-corrected chi connectivity index (χ2v) is 6.05. The number of nitrogens with two attached hydrogens (primary N) is 1. The van der Waals surface area contributed by atoms with Crippen LogP contribution in [0.3, 0.4) is 0 Å². The minimum absolute atomic E-state index is 0.552. The number of fused-ring (bicyclic) bond motifs is 1. The zero-order valence-corrected chi connectivity index (χ0v) is 11.3. The Morgan fingerprint density at radius 2 is 2.00 bits per heavy atom. The molecule has 1 aromatic rings. The number of aryl methyl sites for hydroxylation is 1. The summed E-state index contributed by atoms with van der Waals surface area (Å²) in [4.78, 5) is 0. The summed E-state index contributed by atoms with van der Waals surface area (Å²) in [6.07, 6.45) is 8.08. The Kier molecular flexibility index (Phi) is 3.29. The lowest BCUT2D eigenvalue weighted by molar-refractivity contribution is 0.342. The van der Waals surface area contributed by atoms with E-state index in [1.807, 2.05) is 6.07 Å². The molecule has 3 N–H and O–H groups in total. The molecular formula is C16H24N2. The van der Waals surface area contributed by atoms with Gasteiger partial charge >= 0.3 is 0 Å². The van der Waals surface area contributed by atoms with E-state index in [-0.39, 0.29) is 0 Å². The molecule has 2 heteroatoms. The van der Waals surface area contributed by atoms with E-state index in [0.717, 1.165) is 11.6 Å². The van der Waals surface area contributed by atoms with Crippen molar-refractivity contribution < 1.29 is 0 Å². The number of nitrogen functional groups attached to an aromatic ring is 1. The van der Waals surface area contributed by atoms with Gasteiger partial charge in [-0.3, -0.25) is 0 Å². The maximum atomic E-state index is 5.86. The van der Waals surface area contributed by atoms with Gasteiger partial charge in [0.15, 0.2) is 0 Å². The molecule has 0 amide bonds. The summed E-state index contributed by atoms with van der Waals surface area (Å²) in [5.74, 6) is 0.892. The lowest BCUT2D eigenvalue weighted by atomic mass is 9.98. The van der Waals surface area contributed by atoms with E-state index in [2.05, 4.69) is 24.4 Å². The maximum Gasteiger partial charge on any atom is 0.0328 e. The Morgan fingerprint density at radius 1 is 1.22 bits per heavy atom. The third-order valence-corrected chi connectivity index (χ3v) is 4.82. The van der Waals surface area contributed by atoms with Crippen molar-refractivity contribution in [1.82, 2.24) is 5.32 Å². The third kappa shape index (κ3) is 2.26. The van der Waals surface area contributed by atoms with E-state index in [1.165, 1.54) is 49.7 Å². The summed E-state index contributed by atoms with van der Waals surface area (Å²) >= 11 is 0. The summed E-state index contributed by atoms with van der Waals surface area (Å²) in [7, 11) is 0. The summed E-state index contributed by atoms with van der Waals surface area (Å²) in [5.41, 5.74) is 9.69. The van der Waals surface area contributed by atoms with Crippen molar-refractivity contribution in [2.45, 2.75) is 57.5 Å². The Hall–Kier alpha value is -1.02. The van der Waals surface area contributed by atoms with Crippen LogP contribution >= 0.6 is 0 Å². The van der Waals surface area contributed by atoms with E-state index in [9.17, 15) is 0 Å². The Bertz CT molecular complexity index is 421. The Balaban J connectivity index is 1.68. The van der Waals surface area contributed by atoms with E-state index in [0.29, 0.717) is 12.1 Å². The third-order valence-electron chi connectivity index (χ3n) is 4.82. The molecule has 1 fully saturated rings. The average molecular weight is 244 g/mol. The highest BCUT2D eigenvalue weighted by atomic mass is 15.0. The van der Waals surface area contributed by atoms with Gasteiger partial charge in [-0.15, -0.1) is 0 Å². The fraction of sp³-hybridized carbons (Fsp3) is 0.625. The molecule has 18 heavy (non-hydrogen) atoms. The van der Waals surface area contributed by atoms with Crippen molar-refractivity contribution >= 4 is 5.69 Å². The van der Waals surface area contributed by atoms with Crippen molar-refractivity contribution in [2.75, 3.05) is 5.73 Å². The summed E-state index contributed by atoms with van der Waals surface area (Å²) in [5, 5.41) is 3.86. The minimum Gasteiger partial charge on any atom is -0.399 e. The molecule has 0 bridgehead atoms. The monoisotopic (exact) mass is 244 g/mol. The zero-order valence-electron chi connectivity index (χ0n) is 11.3. The average Bonchev–Trinajstić information content (AvgIpc) is 2.98. The molecule has 0 aromatic heterocycles. The van der Waals surface area contributed by atoms with Crippen LogP contribution in [0.15, 0.2) is 18.2 Å². The van der Waals surface area contributed by atoms with E-state index in [1.54, 1.807) is 0 Å². The molecular weight excluding hydrogens is 220 g/mol. The summed E-state index contributed by atoms with van der Waals surface area (Å²) in [6.45, 7) is 2.37. The first-order chi connectivity index (χ1) is 8.74. The van der Waals surface area contributed by atoms with Gasteiger partial charge in [-0.2, -0.15) is 0 Å². The highest BCUT2D eigenvalue weighted by molar-refractivity contribution is 5.47. The number of hydrogen-bond acceptors (Lipinski definition) is 2. The van der Waals surface area contributed by atoms with Gasteiger partial charge in [-0.1, -0.05) is 18.9 Å². The van der Waals surface area contributed by atoms with Gasteiger partial charge in [0.1, 0.15) is 0 Å². The van der Waals surface area contributed by atoms with Crippen LogP contribution in [0, 0.1) is 5.92 Å². The van der Waals surface area contributed by atoms with Crippen LogP contribution < -0.4 is 11.1 Å². The highest BCUT2D eigenvalue weighted by Gasteiger charge is 2.27. The maximum absolute atomic E-state index is 5.86. The first kappa shape index (κ1) is 12.0. The van der Waals surface area contributed by atoms with Gasteiger partial charge in [0.05, 0.1) is 0 Å². The first-order valence-corrected chi connectivity index (χ1v) is 7.38. The largest absolute Gasteiger partial charge is 0.399 e. The molecule has 0 saturated heterocycles. The van der Waals surface area contributed by atoms with Crippen LogP contribution in [-0.4, -0.2) is 6.04 Å². The molecule has 2 aliphatic carbocycles. The number of anilines is 1. The van der Waals surface area contributed by atoms with Crippen molar-refractivity contribution in [2.24, 2.45) is 5.92 Å².